The molecular weight excluding hydrogens is 402 g/mol. The van der Waals surface area contributed by atoms with Crippen LogP contribution in [0.15, 0.2) is 35.2 Å². The van der Waals surface area contributed by atoms with Crippen molar-refractivity contribution in [1.82, 2.24) is 15.2 Å². The predicted molar refractivity (Wildman–Crippen MR) is 114 cm³/mol. The molecule has 0 saturated carbocycles. The largest absolute Gasteiger partial charge is 0.354 e. The maximum absolute atomic E-state index is 12.6. The number of aromatic amines is 1. The van der Waals surface area contributed by atoms with Crippen LogP contribution in [-0.4, -0.2) is 45.8 Å². The van der Waals surface area contributed by atoms with Crippen molar-refractivity contribution in [2.24, 2.45) is 0 Å². The van der Waals surface area contributed by atoms with E-state index in [1.54, 1.807) is 13.0 Å². The average molecular weight is 423 g/mol. The van der Waals surface area contributed by atoms with Gasteiger partial charge in [0.2, 0.25) is 0 Å². The molecule has 0 unspecified atom stereocenters. The first kappa shape index (κ1) is 20.2. The summed E-state index contributed by atoms with van der Waals surface area (Å²) in [4.78, 5) is 54.0. The van der Waals surface area contributed by atoms with Gasteiger partial charge in [-0.3, -0.25) is 24.1 Å². The van der Waals surface area contributed by atoms with Gasteiger partial charge < -0.3 is 10.3 Å². The quantitative estimate of drug-likeness (QED) is 0.719. The molecular formula is C22H21N3O4S. The third-order valence-corrected chi connectivity index (χ3v) is 6.16. The Bertz CT molecular complexity index is 1070. The van der Waals surface area contributed by atoms with E-state index in [9.17, 15) is 19.2 Å². The van der Waals surface area contributed by atoms with E-state index < -0.39 is 0 Å². The van der Waals surface area contributed by atoms with E-state index in [0.29, 0.717) is 28.1 Å². The van der Waals surface area contributed by atoms with Crippen LogP contribution in [0.25, 0.3) is 6.08 Å². The molecule has 0 bridgehead atoms. The van der Waals surface area contributed by atoms with Crippen LogP contribution in [0.2, 0.25) is 0 Å². The molecule has 2 heterocycles. The number of H-pyrrole nitrogens is 1. The smallest absolute Gasteiger partial charge is 0.293 e. The van der Waals surface area contributed by atoms with Crippen LogP contribution in [0.4, 0.5) is 4.79 Å². The van der Waals surface area contributed by atoms with Crippen LogP contribution in [0.3, 0.4) is 0 Å². The number of aromatic nitrogens is 1. The summed E-state index contributed by atoms with van der Waals surface area (Å²) >= 11 is 0.895. The van der Waals surface area contributed by atoms with E-state index in [2.05, 4.69) is 10.3 Å². The van der Waals surface area contributed by atoms with Gasteiger partial charge in [-0.2, -0.15) is 0 Å². The normalized spacial score (nSPS) is 17.6. The van der Waals surface area contributed by atoms with Crippen molar-refractivity contribution in [3.8, 4) is 0 Å². The number of aryl methyl sites for hydroxylation is 1. The highest BCUT2D eigenvalue weighted by atomic mass is 32.2. The Morgan fingerprint density at radius 2 is 1.97 bits per heavy atom. The number of ketones is 1. The minimum atomic E-state index is -0.361. The van der Waals surface area contributed by atoms with Gasteiger partial charge in [0.15, 0.2) is 5.78 Å². The van der Waals surface area contributed by atoms with Crippen LogP contribution in [0.1, 0.15) is 50.5 Å². The van der Waals surface area contributed by atoms with Crippen molar-refractivity contribution in [2.75, 3.05) is 13.1 Å². The number of Topliss-reactive ketones (excluding diaryl/α,β-unsaturated/α-hetero) is 1. The van der Waals surface area contributed by atoms with Gasteiger partial charge in [-0.25, -0.2) is 0 Å². The average Bonchev–Trinajstić information content (AvgIpc) is 3.21. The van der Waals surface area contributed by atoms with Gasteiger partial charge in [-0.1, -0.05) is 30.3 Å². The zero-order chi connectivity index (χ0) is 21.3. The van der Waals surface area contributed by atoms with Gasteiger partial charge in [0.1, 0.15) is 5.69 Å². The number of carbonyl (C=O) groups is 4. The first-order chi connectivity index (χ1) is 14.5. The highest BCUT2D eigenvalue weighted by molar-refractivity contribution is 8.18. The summed E-state index contributed by atoms with van der Waals surface area (Å²) in [6.45, 7) is 1.98. The summed E-state index contributed by atoms with van der Waals surface area (Å²) in [5.74, 6) is -0.645. The number of fused-ring (bicyclic) bond motifs is 1. The van der Waals surface area contributed by atoms with Crippen LogP contribution >= 0.6 is 11.8 Å². The summed E-state index contributed by atoms with van der Waals surface area (Å²) in [5, 5.41) is 2.39. The van der Waals surface area contributed by atoms with Crippen LogP contribution in [0.5, 0.6) is 0 Å². The van der Waals surface area contributed by atoms with Crippen molar-refractivity contribution in [3.63, 3.8) is 0 Å². The van der Waals surface area contributed by atoms with Gasteiger partial charge in [-0.15, -0.1) is 0 Å². The number of amides is 3. The van der Waals surface area contributed by atoms with Crippen LogP contribution in [-0.2, 0) is 11.2 Å². The number of thioether (sulfide) groups is 1. The van der Waals surface area contributed by atoms with Crippen LogP contribution in [0, 0.1) is 6.92 Å². The molecule has 1 aliphatic carbocycles. The van der Waals surface area contributed by atoms with Gasteiger partial charge in [-0.05, 0) is 48.7 Å². The molecule has 8 heteroatoms. The van der Waals surface area contributed by atoms with Crippen molar-refractivity contribution >= 4 is 40.7 Å². The maximum Gasteiger partial charge on any atom is 0.293 e. The van der Waals surface area contributed by atoms with Gasteiger partial charge in [0.05, 0.1) is 4.91 Å². The monoisotopic (exact) mass is 423 g/mol. The Morgan fingerprint density at radius 1 is 1.20 bits per heavy atom. The highest BCUT2D eigenvalue weighted by Crippen LogP contribution is 2.32. The predicted octanol–water partition coefficient (Wildman–Crippen LogP) is 3.31. The van der Waals surface area contributed by atoms with Crippen LogP contribution < -0.4 is 5.32 Å². The zero-order valence-electron chi connectivity index (χ0n) is 16.5. The molecule has 0 spiro atoms. The van der Waals surface area contributed by atoms with Gasteiger partial charge >= 0.3 is 0 Å². The van der Waals surface area contributed by atoms with E-state index in [4.69, 9.17) is 0 Å². The lowest BCUT2D eigenvalue weighted by atomic mass is 9.94. The first-order valence-corrected chi connectivity index (χ1v) is 10.6. The second kappa shape index (κ2) is 8.31. The molecule has 4 rings (SSSR count). The summed E-state index contributed by atoms with van der Waals surface area (Å²) in [7, 11) is 0. The van der Waals surface area contributed by atoms with Crippen molar-refractivity contribution in [1.29, 1.82) is 0 Å². The fourth-order valence-electron chi connectivity index (χ4n) is 3.76. The molecule has 0 radical (unpaired) electrons. The molecule has 1 fully saturated rings. The second-order valence-electron chi connectivity index (χ2n) is 7.26. The minimum absolute atomic E-state index is 0.0621. The molecule has 1 aromatic heterocycles. The van der Waals surface area contributed by atoms with E-state index in [-0.39, 0.29) is 35.9 Å². The lowest BCUT2D eigenvalue weighted by Crippen LogP contribution is -2.37. The van der Waals surface area contributed by atoms with E-state index in [0.717, 1.165) is 40.8 Å². The van der Waals surface area contributed by atoms with Gasteiger partial charge in [0.25, 0.3) is 17.1 Å². The number of hydrogen-bond acceptors (Lipinski definition) is 5. The molecule has 1 saturated heterocycles. The lowest BCUT2D eigenvalue weighted by molar-refractivity contribution is -0.122. The third-order valence-electron chi connectivity index (χ3n) is 5.26. The molecule has 2 N–H and O–H groups in total. The Labute approximate surface area is 177 Å². The number of nitrogens with one attached hydrogen (secondary N) is 2. The molecule has 7 nitrogen and oxygen atoms in total. The topological polar surface area (TPSA) is 99.3 Å². The summed E-state index contributed by atoms with van der Waals surface area (Å²) in [6, 6.07) is 9.32. The molecule has 1 aromatic carbocycles. The number of imide groups is 1. The summed E-state index contributed by atoms with van der Waals surface area (Å²) in [5.41, 5.74) is 3.31. The highest BCUT2D eigenvalue weighted by Gasteiger charge is 2.34. The fraction of sp³-hybridized carbons (Fsp3) is 0.273. The number of hydrogen-bond donors (Lipinski definition) is 2. The summed E-state index contributed by atoms with van der Waals surface area (Å²) in [6.07, 6.45) is 3.72. The summed E-state index contributed by atoms with van der Waals surface area (Å²) < 4.78 is 0. The molecule has 30 heavy (non-hydrogen) atoms. The van der Waals surface area contributed by atoms with E-state index in [1.807, 2.05) is 30.3 Å². The van der Waals surface area contributed by atoms with Crippen molar-refractivity contribution in [2.45, 2.75) is 26.2 Å². The Kier molecular flexibility index (Phi) is 5.59. The third kappa shape index (κ3) is 3.82. The van der Waals surface area contributed by atoms with Gasteiger partial charge in [0, 0.05) is 30.8 Å². The van der Waals surface area contributed by atoms with E-state index >= 15 is 0 Å². The maximum atomic E-state index is 12.6. The molecule has 2 aromatic rings. The minimum Gasteiger partial charge on any atom is -0.354 e. The molecule has 0 atom stereocenters. The second-order valence-corrected chi connectivity index (χ2v) is 8.25. The SMILES string of the molecule is Cc1c(C(=O)NCCN2C(=O)S/C(=C\c3ccccc3)C2=O)[nH]c2c1C(=O)CCC2. The zero-order valence-corrected chi connectivity index (χ0v) is 17.3. The number of carbonyl (C=O) groups excluding carboxylic acids is 4. The Morgan fingerprint density at radius 3 is 2.70 bits per heavy atom. The Hall–Kier alpha value is -3.13. The molecule has 154 valence electrons. The van der Waals surface area contributed by atoms with Crippen molar-refractivity contribution < 1.29 is 19.2 Å². The first-order valence-electron chi connectivity index (χ1n) is 9.79. The lowest BCUT2D eigenvalue weighted by Gasteiger charge is -2.13. The standard InChI is InChI=1S/C22H21N3O4S/c1-13-18-15(8-5-9-16(18)26)24-19(13)20(27)23-10-11-25-21(28)17(30-22(25)29)12-14-6-3-2-4-7-14/h2-4,6-7,12,24H,5,8-11H2,1H3,(H,23,27)/b17-12-. The van der Waals surface area contributed by atoms with E-state index in [1.165, 1.54) is 0 Å². The van der Waals surface area contributed by atoms with Crippen molar-refractivity contribution in [3.05, 3.63) is 63.3 Å². The Balaban J connectivity index is 1.38. The number of rotatable bonds is 5. The number of benzene rings is 1. The molecule has 2 aliphatic rings. The number of nitrogens with zero attached hydrogens (tertiary/aromatic N) is 1. The molecule has 3 amide bonds. The molecule has 1 aliphatic heterocycles. The fourth-order valence-corrected chi connectivity index (χ4v) is 4.63.